The quantitative estimate of drug-likeness (QED) is 0.421. The van der Waals surface area contributed by atoms with Gasteiger partial charge in [0, 0.05) is 30.3 Å². The second kappa shape index (κ2) is 8.86. The Morgan fingerprint density at radius 2 is 1.77 bits per heavy atom. The SMILES string of the molecule is CC(N1CCn2nc(-c3ccc(F)cc3F)nc2C1)C(O)(Cn1cncn1)c1ccc(F)cc1F. The van der Waals surface area contributed by atoms with Crippen LogP contribution in [0, 0.1) is 23.3 Å². The molecule has 1 N–H and O–H groups in total. The number of aromatic nitrogens is 6. The standard InChI is InChI=1S/C23H21F4N7O/c1-14(23(35,11-33-13-28-12-29-33)18-5-3-16(25)9-20(18)27)32-6-7-34-21(10-32)30-22(31-34)17-4-2-15(24)8-19(17)26/h2-5,8-9,12-14,35H,6-7,10-11H2,1H3. The molecule has 0 spiro atoms. The fraction of sp³-hybridized carbons (Fsp3) is 0.304. The van der Waals surface area contributed by atoms with Crippen molar-refractivity contribution in [2.75, 3.05) is 6.54 Å². The molecule has 1 aliphatic rings. The molecule has 2 atom stereocenters. The summed E-state index contributed by atoms with van der Waals surface area (Å²) in [5, 5.41) is 20.2. The van der Waals surface area contributed by atoms with E-state index in [1.54, 1.807) is 11.6 Å². The second-order valence-corrected chi connectivity index (χ2v) is 8.49. The van der Waals surface area contributed by atoms with Crippen molar-refractivity contribution in [1.29, 1.82) is 0 Å². The molecular weight excluding hydrogens is 466 g/mol. The summed E-state index contributed by atoms with van der Waals surface area (Å²) in [4.78, 5) is 10.2. The van der Waals surface area contributed by atoms with Crippen LogP contribution in [0.4, 0.5) is 17.6 Å². The van der Waals surface area contributed by atoms with Gasteiger partial charge in [0.1, 0.15) is 47.3 Å². The maximum Gasteiger partial charge on any atom is 0.184 e. The topological polar surface area (TPSA) is 84.9 Å². The molecule has 8 nitrogen and oxygen atoms in total. The van der Waals surface area contributed by atoms with Gasteiger partial charge in [0.05, 0.1) is 25.2 Å². The minimum Gasteiger partial charge on any atom is -0.381 e. The molecule has 0 radical (unpaired) electrons. The highest BCUT2D eigenvalue weighted by Gasteiger charge is 2.43. The molecule has 0 aliphatic carbocycles. The van der Waals surface area contributed by atoms with Crippen molar-refractivity contribution in [2.45, 2.75) is 38.2 Å². The van der Waals surface area contributed by atoms with Crippen LogP contribution in [0.15, 0.2) is 49.1 Å². The molecule has 0 bridgehead atoms. The van der Waals surface area contributed by atoms with Gasteiger partial charge in [-0.05, 0) is 25.1 Å². The van der Waals surface area contributed by atoms with E-state index in [1.807, 2.05) is 4.90 Å². The van der Waals surface area contributed by atoms with Crippen LogP contribution in [0.2, 0.25) is 0 Å². The van der Waals surface area contributed by atoms with Crippen LogP contribution in [-0.4, -0.2) is 52.1 Å². The molecule has 2 unspecified atom stereocenters. The third-order valence-corrected chi connectivity index (χ3v) is 6.37. The van der Waals surface area contributed by atoms with Crippen LogP contribution in [0.5, 0.6) is 0 Å². The number of hydrogen-bond donors (Lipinski definition) is 1. The highest BCUT2D eigenvalue weighted by atomic mass is 19.1. The van der Waals surface area contributed by atoms with Gasteiger partial charge in [-0.2, -0.15) is 10.2 Å². The lowest BCUT2D eigenvalue weighted by Crippen LogP contribution is -2.53. The summed E-state index contributed by atoms with van der Waals surface area (Å²) >= 11 is 0. The van der Waals surface area contributed by atoms with Gasteiger partial charge in [-0.1, -0.05) is 6.07 Å². The van der Waals surface area contributed by atoms with Crippen molar-refractivity contribution in [2.24, 2.45) is 0 Å². The van der Waals surface area contributed by atoms with Crippen LogP contribution >= 0.6 is 0 Å². The largest absolute Gasteiger partial charge is 0.381 e. The summed E-state index contributed by atoms with van der Waals surface area (Å²) in [6, 6.07) is 5.54. The minimum absolute atomic E-state index is 0.0731. The number of fused-ring (bicyclic) bond motifs is 1. The van der Waals surface area contributed by atoms with Gasteiger partial charge in [0.15, 0.2) is 5.82 Å². The van der Waals surface area contributed by atoms with E-state index in [9.17, 15) is 22.7 Å². The number of nitrogens with zero attached hydrogens (tertiary/aromatic N) is 7. The summed E-state index contributed by atoms with van der Waals surface area (Å²) in [5.41, 5.74) is -1.81. The van der Waals surface area contributed by atoms with Gasteiger partial charge in [-0.3, -0.25) is 4.90 Å². The number of hydrogen-bond acceptors (Lipinski definition) is 6. The smallest absolute Gasteiger partial charge is 0.184 e. The Balaban J connectivity index is 1.46. The zero-order chi connectivity index (χ0) is 24.7. The fourth-order valence-electron chi connectivity index (χ4n) is 4.42. The summed E-state index contributed by atoms with van der Waals surface area (Å²) in [6.45, 7) is 2.61. The lowest BCUT2D eigenvalue weighted by atomic mass is 9.85. The molecule has 4 aromatic rings. The Labute approximate surface area is 197 Å². The van der Waals surface area contributed by atoms with Crippen LogP contribution in [-0.2, 0) is 25.2 Å². The highest BCUT2D eigenvalue weighted by molar-refractivity contribution is 5.55. The van der Waals surface area contributed by atoms with Crippen molar-refractivity contribution >= 4 is 0 Å². The lowest BCUT2D eigenvalue weighted by Gasteiger charge is -2.42. The van der Waals surface area contributed by atoms with Crippen LogP contribution < -0.4 is 0 Å². The van der Waals surface area contributed by atoms with E-state index in [4.69, 9.17) is 0 Å². The summed E-state index contributed by atoms with van der Waals surface area (Å²) in [7, 11) is 0. The van der Waals surface area contributed by atoms with E-state index in [-0.39, 0.29) is 30.0 Å². The Kier molecular flexibility index (Phi) is 5.85. The molecule has 0 saturated heterocycles. The Morgan fingerprint density at radius 3 is 2.46 bits per heavy atom. The van der Waals surface area contributed by atoms with Gasteiger partial charge in [-0.15, -0.1) is 0 Å². The van der Waals surface area contributed by atoms with Gasteiger partial charge < -0.3 is 5.11 Å². The van der Waals surface area contributed by atoms with E-state index in [0.29, 0.717) is 18.9 Å². The average molecular weight is 487 g/mol. The lowest BCUT2D eigenvalue weighted by molar-refractivity contribution is -0.0714. The van der Waals surface area contributed by atoms with Crippen LogP contribution in [0.1, 0.15) is 18.3 Å². The van der Waals surface area contributed by atoms with E-state index in [1.165, 1.54) is 29.5 Å². The first-order valence-electron chi connectivity index (χ1n) is 10.9. The van der Waals surface area contributed by atoms with Crippen molar-refractivity contribution in [1.82, 2.24) is 34.4 Å². The van der Waals surface area contributed by atoms with Crippen molar-refractivity contribution < 1.29 is 22.7 Å². The predicted molar refractivity (Wildman–Crippen MR) is 116 cm³/mol. The Bertz CT molecular complexity index is 1360. The monoisotopic (exact) mass is 487 g/mol. The van der Waals surface area contributed by atoms with Gasteiger partial charge in [0.2, 0.25) is 0 Å². The summed E-state index contributed by atoms with van der Waals surface area (Å²) in [5.74, 6) is -2.48. The maximum atomic E-state index is 14.8. The summed E-state index contributed by atoms with van der Waals surface area (Å²) in [6.07, 6.45) is 2.70. The Hall–Kier alpha value is -3.64. The first-order chi connectivity index (χ1) is 16.7. The molecule has 5 rings (SSSR count). The molecule has 35 heavy (non-hydrogen) atoms. The summed E-state index contributed by atoms with van der Waals surface area (Å²) < 4.78 is 59.0. The van der Waals surface area contributed by atoms with Crippen molar-refractivity contribution in [3.8, 4) is 11.4 Å². The third kappa shape index (κ3) is 4.30. The molecular formula is C23H21F4N7O. The number of aliphatic hydroxyl groups is 1. The predicted octanol–water partition coefficient (Wildman–Crippen LogP) is 2.89. The Morgan fingerprint density at radius 1 is 1.03 bits per heavy atom. The molecule has 12 heteroatoms. The normalized spacial score (nSPS) is 16.6. The first-order valence-corrected chi connectivity index (χ1v) is 10.9. The molecule has 0 amide bonds. The molecule has 0 fully saturated rings. The number of rotatable bonds is 6. The first kappa shape index (κ1) is 23.1. The third-order valence-electron chi connectivity index (χ3n) is 6.37. The highest BCUT2D eigenvalue weighted by Crippen LogP contribution is 2.34. The molecule has 2 aromatic heterocycles. The van der Waals surface area contributed by atoms with E-state index < -0.39 is 34.9 Å². The zero-order valence-electron chi connectivity index (χ0n) is 18.6. The maximum absolute atomic E-state index is 14.8. The van der Waals surface area contributed by atoms with Crippen LogP contribution in [0.25, 0.3) is 11.4 Å². The number of halogens is 4. The van der Waals surface area contributed by atoms with Crippen LogP contribution in [0.3, 0.4) is 0 Å². The zero-order valence-corrected chi connectivity index (χ0v) is 18.6. The fourth-order valence-corrected chi connectivity index (χ4v) is 4.42. The van der Waals surface area contributed by atoms with Gasteiger partial charge >= 0.3 is 0 Å². The van der Waals surface area contributed by atoms with E-state index in [0.717, 1.165) is 24.3 Å². The van der Waals surface area contributed by atoms with E-state index >= 15 is 0 Å². The van der Waals surface area contributed by atoms with Gasteiger partial charge in [0.25, 0.3) is 0 Å². The van der Waals surface area contributed by atoms with Crippen molar-refractivity contribution in [3.63, 3.8) is 0 Å². The second-order valence-electron chi connectivity index (χ2n) is 8.49. The molecule has 3 heterocycles. The molecule has 2 aromatic carbocycles. The van der Waals surface area contributed by atoms with E-state index in [2.05, 4.69) is 20.2 Å². The van der Waals surface area contributed by atoms with Crippen molar-refractivity contribution in [3.05, 3.63) is 83.7 Å². The molecule has 0 saturated carbocycles. The molecule has 182 valence electrons. The minimum atomic E-state index is -1.81. The van der Waals surface area contributed by atoms with Gasteiger partial charge in [-0.25, -0.2) is 36.9 Å². The average Bonchev–Trinajstić information content (AvgIpc) is 3.47. The number of benzene rings is 2. The molecule has 1 aliphatic heterocycles.